The fraction of sp³-hybridized carbons (Fsp3) is 0.364. The van der Waals surface area contributed by atoms with E-state index < -0.39 is 0 Å². The standard InChI is InChI=1S/C22H27N3O2S/c1-5-17-10-12-19(13-11-17)27-16(3)21-23-24-22(25(21)6-2)28-15-18-8-7-9-20(14-18)26-4/h7-14,16H,5-6,15H2,1-4H3. The maximum absolute atomic E-state index is 6.10. The lowest BCUT2D eigenvalue weighted by atomic mass is 10.2. The Morgan fingerprint density at radius 3 is 2.46 bits per heavy atom. The van der Waals surface area contributed by atoms with Crippen molar-refractivity contribution in [1.82, 2.24) is 14.8 Å². The molecule has 1 aromatic heterocycles. The monoisotopic (exact) mass is 397 g/mol. The molecule has 0 aliphatic heterocycles. The van der Waals surface area contributed by atoms with Gasteiger partial charge in [-0.15, -0.1) is 10.2 Å². The van der Waals surface area contributed by atoms with Crippen LogP contribution in [0.15, 0.2) is 53.7 Å². The molecule has 148 valence electrons. The molecule has 1 atom stereocenters. The number of nitrogens with zero attached hydrogens (tertiary/aromatic N) is 3. The molecular formula is C22H27N3O2S. The maximum Gasteiger partial charge on any atom is 0.191 e. The summed E-state index contributed by atoms with van der Waals surface area (Å²) in [7, 11) is 1.68. The molecule has 1 heterocycles. The molecule has 0 saturated heterocycles. The minimum absolute atomic E-state index is 0.175. The van der Waals surface area contributed by atoms with Gasteiger partial charge in [-0.2, -0.15) is 0 Å². The van der Waals surface area contributed by atoms with Gasteiger partial charge in [-0.05, 0) is 55.7 Å². The van der Waals surface area contributed by atoms with Crippen molar-refractivity contribution in [1.29, 1.82) is 0 Å². The van der Waals surface area contributed by atoms with Gasteiger partial charge >= 0.3 is 0 Å². The molecular weight excluding hydrogens is 370 g/mol. The van der Waals surface area contributed by atoms with E-state index in [4.69, 9.17) is 9.47 Å². The number of aryl methyl sites for hydroxylation is 1. The SMILES string of the molecule is CCc1ccc(OC(C)c2nnc(SCc3cccc(OC)c3)n2CC)cc1. The smallest absolute Gasteiger partial charge is 0.191 e. The first-order chi connectivity index (χ1) is 13.6. The molecule has 6 heteroatoms. The van der Waals surface area contributed by atoms with Gasteiger partial charge in [0.15, 0.2) is 17.1 Å². The van der Waals surface area contributed by atoms with Crippen LogP contribution in [0.5, 0.6) is 11.5 Å². The molecule has 0 amide bonds. The number of hydrogen-bond donors (Lipinski definition) is 0. The molecule has 0 spiro atoms. The zero-order valence-corrected chi connectivity index (χ0v) is 17.7. The third-order valence-electron chi connectivity index (χ3n) is 4.57. The van der Waals surface area contributed by atoms with Crippen LogP contribution < -0.4 is 9.47 Å². The Morgan fingerprint density at radius 2 is 1.79 bits per heavy atom. The number of benzene rings is 2. The summed E-state index contributed by atoms with van der Waals surface area (Å²) < 4.78 is 13.5. The third kappa shape index (κ3) is 4.87. The Labute approximate surface area is 171 Å². The lowest BCUT2D eigenvalue weighted by Crippen LogP contribution is -2.12. The van der Waals surface area contributed by atoms with Crippen molar-refractivity contribution in [2.75, 3.05) is 7.11 Å². The van der Waals surface area contributed by atoms with Gasteiger partial charge in [0.2, 0.25) is 0 Å². The number of thioether (sulfide) groups is 1. The molecule has 0 fully saturated rings. The lowest BCUT2D eigenvalue weighted by Gasteiger charge is -2.16. The predicted octanol–water partition coefficient (Wildman–Crippen LogP) is 5.30. The van der Waals surface area contributed by atoms with Crippen LogP contribution in [0.2, 0.25) is 0 Å². The fourth-order valence-corrected chi connectivity index (χ4v) is 3.93. The fourth-order valence-electron chi connectivity index (χ4n) is 2.98. The minimum atomic E-state index is -0.175. The number of hydrogen-bond acceptors (Lipinski definition) is 5. The van der Waals surface area contributed by atoms with E-state index in [0.717, 1.165) is 41.2 Å². The maximum atomic E-state index is 6.10. The van der Waals surface area contributed by atoms with Crippen molar-refractivity contribution in [3.8, 4) is 11.5 Å². The van der Waals surface area contributed by atoms with E-state index in [9.17, 15) is 0 Å². The molecule has 0 bridgehead atoms. The first kappa shape index (κ1) is 20.3. The van der Waals surface area contributed by atoms with Gasteiger partial charge in [0, 0.05) is 12.3 Å². The van der Waals surface area contributed by atoms with Crippen LogP contribution in [0.4, 0.5) is 0 Å². The lowest BCUT2D eigenvalue weighted by molar-refractivity contribution is 0.210. The largest absolute Gasteiger partial charge is 0.497 e. The minimum Gasteiger partial charge on any atom is -0.497 e. The average Bonchev–Trinajstić information content (AvgIpc) is 3.16. The van der Waals surface area contributed by atoms with Gasteiger partial charge in [0.1, 0.15) is 11.5 Å². The van der Waals surface area contributed by atoms with Crippen LogP contribution in [-0.4, -0.2) is 21.9 Å². The van der Waals surface area contributed by atoms with E-state index in [1.54, 1.807) is 18.9 Å². The van der Waals surface area contributed by atoms with E-state index in [2.05, 4.69) is 46.8 Å². The van der Waals surface area contributed by atoms with Gasteiger partial charge in [0.25, 0.3) is 0 Å². The van der Waals surface area contributed by atoms with Crippen molar-refractivity contribution < 1.29 is 9.47 Å². The first-order valence-corrected chi connectivity index (χ1v) is 10.6. The summed E-state index contributed by atoms with van der Waals surface area (Å²) in [6, 6.07) is 16.3. The first-order valence-electron chi connectivity index (χ1n) is 9.59. The highest BCUT2D eigenvalue weighted by Crippen LogP contribution is 2.27. The highest BCUT2D eigenvalue weighted by molar-refractivity contribution is 7.98. The van der Waals surface area contributed by atoms with Crippen molar-refractivity contribution >= 4 is 11.8 Å². The highest BCUT2D eigenvalue weighted by Gasteiger charge is 2.19. The van der Waals surface area contributed by atoms with E-state index in [1.165, 1.54) is 11.1 Å². The zero-order valence-electron chi connectivity index (χ0n) is 16.9. The molecule has 28 heavy (non-hydrogen) atoms. The van der Waals surface area contributed by atoms with Gasteiger partial charge in [-0.1, -0.05) is 43.0 Å². The molecule has 2 aromatic carbocycles. The molecule has 0 saturated carbocycles. The van der Waals surface area contributed by atoms with E-state index >= 15 is 0 Å². The number of rotatable bonds is 9. The van der Waals surface area contributed by atoms with Crippen molar-refractivity contribution in [2.24, 2.45) is 0 Å². The Morgan fingerprint density at radius 1 is 1.00 bits per heavy atom. The van der Waals surface area contributed by atoms with Crippen LogP contribution >= 0.6 is 11.8 Å². The second kappa shape index (κ2) is 9.64. The molecule has 0 aliphatic rings. The van der Waals surface area contributed by atoms with E-state index in [0.29, 0.717) is 0 Å². The summed E-state index contributed by atoms with van der Waals surface area (Å²) in [6.45, 7) is 7.06. The van der Waals surface area contributed by atoms with Gasteiger partial charge in [-0.3, -0.25) is 0 Å². The van der Waals surface area contributed by atoms with Crippen molar-refractivity contribution in [2.45, 2.75) is 50.8 Å². The van der Waals surface area contributed by atoms with Crippen LogP contribution in [0.25, 0.3) is 0 Å². The van der Waals surface area contributed by atoms with Crippen LogP contribution in [-0.2, 0) is 18.7 Å². The third-order valence-corrected chi connectivity index (χ3v) is 5.61. The quantitative estimate of drug-likeness (QED) is 0.459. The van der Waals surface area contributed by atoms with Gasteiger partial charge < -0.3 is 14.0 Å². The van der Waals surface area contributed by atoms with Crippen molar-refractivity contribution in [3.63, 3.8) is 0 Å². The van der Waals surface area contributed by atoms with Crippen LogP contribution in [0.3, 0.4) is 0 Å². The summed E-state index contributed by atoms with van der Waals surface area (Å²) in [6.07, 6.45) is 0.847. The second-order valence-electron chi connectivity index (χ2n) is 6.48. The second-order valence-corrected chi connectivity index (χ2v) is 7.43. The van der Waals surface area contributed by atoms with Gasteiger partial charge in [0.05, 0.1) is 7.11 Å². The molecule has 0 radical (unpaired) electrons. The van der Waals surface area contributed by atoms with E-state index in [1.807, 2.05) is 37.3 Å². The number of ether oxygens (including phenoxy) is 2. The van der Waals surface area contributed by atoms with Crippen LogP contribution in [0, 0.1) is 0 Å². The summed E-state index contributed by atoms with van der Waals surface area (Å²) in [5.74, 6) is 3.37. The topological polar surface area (TPSA) is 49.2 Å². The Balaban J connectivity index is 1.69. The normalized spacial score (nSPS) is 12.0. The average molecular weight is 398 g/mol. The van der Waals surface area contributed by atoms with Gasteiger partial charge in [-0.25, -0.2) is 0 Å². The predicted molar refractivity (Wildman–Crippen MR) is 113 cm³/mol. The molecule has 5 nitrogen and oxygen atoms in total. The zero-order chi connectivity index (χ0) is 19.9. The van der Waals surface area contributed by atoms with Crippen molar-refractivity contribution in [3.05, 3.63) is 65.5 Å². The molecule has 0 N–H and O–H groups in total. The number of methoxy groups -OCH3 is 1. The molecule has 1 unspecified atom stereocenters. The Bertz CT molecular complexity index is 893. The molecule has 0 aliphatic carbocycles. The summed E-state index contributed by atoms with van der Waals surface area (Å²) in [4.78, 5) is 0. The highest BCUT2D eigenvalue weighted by atomic mass is 32.2. The molecule has 3 rings (SSSR count). The Hall–Kier alpha value is -2.47. The van der Waals surface area contributed by atoms with E-state index in [-0.39, 0.29) is 6.10 Å². The summed E-state index contributed by atoms with van der Waals surface area (Å²) in [5.41, 5.74) is 2.49. The Kier molecular flexibility index (Phi) is 6.98. The number of aromatic nitrogens is 3. The summed E-state index contributed by atoms with van der Waals surface area (Å²) in [5, 5.41) is 9.70. The molecule has 3 aromatic rings. The summed E-state index contributed by atoms with van der Waals surface area (Å²) >= 11 is 1.67. The van der Waals surface area contributed by atoms with Crippen LogP contribution in [0.1, 0.15) is 43.8 Å².